The molecule has 0 bridgehead atoms. The Labute approximate surface area is 118 Å². The Bertz CT molecular complexity index is 467. The lowest BCUT2D eigenvalue weighted by molar-refractivity contribution is -0.384. The zero-order chi connectivity index (χ0) is 14.3. The van der Waals surface area contributed by atoms with Gasteiger partial charge in [0.25, 0.3) is 0 Å². The van der Waals surface area contributed by atoms with Crippen molar-refractivity contribution in [3.8, 4) is 0 Å². The van der Waals surface area contributed by atoms with E-state index in [0.29, 0.717) is 24.0 Å². The Kier molecular flexibility index (Phi) is 6.20. The lowest BCUT2D eigenvalue weighted by Gasteiger charge is -2.06. The van der Waals surface area contributed by atoms with E-state index < -0.39 is 4.92 Å². The van der Waals surface area contributed by atoms with Crippen molar-refractivity contribution >= 4 is 33.4 Å². The van der Waals surface area contributed by atoms with E-state index in [9.17, 15) is 14.9 Å². The second kappa shape index (κ2) is 7.67. The number of nitrogens with one attached hydrogen (secondary N) is 1. The van der Waals surface area contributed by atoms with E-state index in [1.807, 2.05) is 0 Å². The number of esters is 1. The first kappa shape index (κ1) is 15.4. The normalized spacial score (nSPS) is 10.0. The number of anilines is 1. The third-order valence-corrected chi connectivity index (χ3v) is 2.62. The minimum Gasteiger partial charge on any atom is -0.466 e. The first-order chi connectivity index (χ1) is 9.04. The molecule has 104 valence electrons. The summed E-state index contributed by atoms with van der Waals surface area (Å²) in [6, 6.07) is 1.38. The highest BCUT2D eigenvalue weighted by Crippen LogP contribution is 2.25. The number of hydrogen-bond acceptors (Lipinski definition) is 6. The number of carbonyl (C=O) groups is 1. The predicted octanol–water partition coefficient (Wildman–Crippen LogP) is 2.51. The van der Waals surface area contributed by atoms with Crippen molar-refractivity contribution in [3.05, 3.63) is 26.9 Å². The molecule has 0 atom stereocenters. The molecule has 1 heterocycles. The third-order valence-electron chi connectivity index (χ3n) is 2.19. The van der Waals surface area contributed by atoms with E-state index in [4.69, 9.17) is 4.74 Å². The molecule has 0 amide bonds. The molecule has 1 rings (SSSR count). The molecule has 0 aromatic carbocycles. The summed E-state index contributed by atoms with van der Waals surface area (Å²) in [5.74, 6) is -0.0837. The smallest absolute Gasteiger partial charge is 0.312 e. The van der Waals surface area contributed by atoms with E-state index in [1.165, 1.54) is 12.3 Å². The molecule has 0 aliphatic heterocycles. The average molecular weight is 332 g/mol. The molecule has 19 heavy (non-hydrogen) atoms. The van der Waals surface area contributed by atoms with Gasteiger partial charge in [0, 0.05) is 29.7 Å². The summed E-state index contributed by atoms with van der Waals surface area (Å²) < 4.78 is 5.31. The Hall–Kier alpha value is -1.70. The molecular formula is C11H14BrN3O4. The number of nitrogens with zero attached hydrogens (tertiary/aromatic N) is 2. The van der Waals surface area contributed by atoms with Crippen LogP contribution in [0.3, 0.4) is 0 Å². The first-order valence-corrected chi connectivity index (χ1v) is 6.53. The molecule has 0 unspecified atom stereocenters. The maximum absolute atomic E-state index is 11.1. The molecule has 0 spiro atoms. The van der Waals surface area contributed by atoms with Crippen LogP contribution in [0.25, 0.3) is 0 Å². The topological polar surface area (TPSA) is 94.4 Å². The number of carbonyl (C=O) groups excluding carboxylic acids is 1. The fourth-order valence-electron chi connectivity index (χ4n) is 1.38. The van der Waals surface area contributed by atoms with Gasteiger partial charge in [0.2, 0.25) is 5.82 Å². The maximum atomic E-state index is 11.1. The Morgan fingerprint density at radius 1 is 1.63 bits per heavy atom. The van der Waals surface area contributed by atoms with Crippen LogP contribution < -0.4 is 5.32 Å². The van der Waals surface area contributed by atoms with Crippen LogP contribution in [-0.4, -0.2) is 29.0 Å². The second-order valence-corrected chi connectivity index (χ2v) is 4.53. The van der Waals surface area contributed by atoms with Gasteiger partial charge in [-0.05, 0) is 29.3 Å². The number of aromatic nitrogens is 1. The van der Waals surface area contributed by atoms with Gasteiger partial charge in [-0.25, -0.2) is 4.98 Å². The van der Waals surface area contributed by atoms with Crippen molar-refractivity contribution in [1.82, 2.24) is 4.98 Å². The van der Waals surface area contributed by atoms with Crippen molar-refractivity contribution < 1.29 is 14.5 Å². The van der Waals surface area contributed by atoms with Gasteiger partial charge in [0.15, 0.2) is 0 Å². The van der Waals surface area contributed by atoms with Gasteiger partial charge in [-0.2, -0.15) is 0 Å². The van der Waals surface area contributed by atoms with Crippen LogP contribution in [0.2, 0.25) is 0 Å². The quantitative estimate of drug-likeness (QED) is 0.357. The van der Waals surface area contributed by atoms with Crippen molar-refractivity contribution in [3.63, 3.8) is 0 Å². The Morgan fingerprint density at radius 2 is 2.37 bits per heavy atom. The van der Waals surface area contributed by atoms with E-state index in [0.717, 1.165) is 0 Å². The molecule has 0 aliphatic rings. The summed E-state index contributed by atoms with van der Waals surface area (Å²) in [6.45, 7) is 2.51. The van der Waals surface area contributed by atoms with Crippen molar-refractivity contribution in [2.45, 2.75) is 19.8 Å². The average Bonchev–Trinajstić information content (AvgIpc) is 2.36. The van der Waals surface area contributed by atoms with Crippen LogP contribution in [0.5, 0.6) is 0 Å². The molecule has 0 aliphatic carbocycles. The van der Waals surface area contributed by atoms with E-state index in [-0.39, 0.29) is 23.9 Å². The van der Waals surface area contributed by atoms with Crippen molar-refractivity contribution in [2.24, 2.45) is 0 Å². The van der Waals surface area contributed by atoms with Crippen LogP contribution in [0, 0.1) is 10.1 Å². The highest BCUT2D eigenvalue weighted by molar-refractivity contribution is 9.10. The number of halogens is 1. The van der Waals surface area contributed by atoms with Crippen molar-refractivity contribution in [2.75, 3.05) is 18.5 Å². The fourth-order valence-corrected chi connectivity index (χ4v) is 1.70. The van der Waals surface area contributed by atoms with Gasteiger partial charge >= 0.3 is 11.7 Å². The van der Waals surface area contributed by atoms with E-state index in [1.54, 1.807) is 6.92 Å². The molecule has 1 aromatic rings. The molecule has 7 nitrogen and oxygen atoms in total. The first-order valence-electron chi connectivity index (χ1n) is 5.74. The van der Waals surface area contributed by atoms with Gasteiger partial charge in [0.05, 0.1) is 11.5 Å². The Balaban J connectivity index is 2.49. The van der Waals surface area contributed by atoms with Gasteiger partial charge in [-0.1, -0.05) is 0 Å². The van der Waals surface area contributed by atoms with E-state index in [2.05, 4.69) is 26.2 Å². The van der Waals surface area contributed by atoms with Crippen LogP contribution in [0.1, 0.15) is 19.8 Å². The largest absolute Gasteiger partial charge is 0.466 e. The lowest BCUT2D eigenvalue weighted by Crippen LogP contribution is -2.10. The zero-order valence-electron chi connectivity index (χ0n) is 10.4. The molecule has 1 aromatic heterocycles. The van der Waals surface area contributed by atoms with Gasteiger partial charge in [-0.15, -0.1) is 0 Å². The van der Waals surface area contributed by atoms with E-state index >= 15 is 0 Å². The van der Waals surface area contributed by atoms with Crippen LogP contribution in [0.4, 0.5) is 11.5 Å². The van der Waals surface area contributed by atoms with Gasteiger partial charge < -0.3 is 10.1 Å². The second-order valence-electron chi connectivity index (χ2n) is 3.61. The predicted molar refractivity (Wildman–Crippen MR) is 72.9 cm³/mol. The van der Waals surface area contributed by atoms with Gasteiger partial charge in [0.1, 0.15) is 0 Å². The number of nitro groups is 1. The molecular weight excluding hydrogens is 318 g/mol. The number of ether oxygens (including phenoxy) is 1. The molecule has 0 saturated heterocycles. The highest BCUT2D eigenvalue weighted by atomic mass is 79.9. The summed E-state index contributed by atoms with van der Waals surface area (Å²) in [4.78, 5) is 25.4. The molecule has 0 fully saturated rings. The zero-order valence-corrected chi connectivity index (χ0v) is 12.0. The van der Waals surface area contributed by atoms with Crippen LogP contribution in [0.15, 0.2) is 16.7 Å². The number of pyridine rings is 1. The fraction of sp³-hybridized carbons (Fsp3) is 0.455. The Morgan fingerprint density at radius 3 is 3.00 bits per heavy atom. The SMILES string of the molecule is CCOC(=O)CCCNc1ncc(Br)cc1[N+](=O)[O-]. The summed E-state index contributed by atoms with van der Waals surface area (Å²) in [7, 11) is 0. The summed E-state index contributed by atoms with van der Waals surface area (Å²) in [5, 5.41) is 13.7. The van der Waals surface area contributed by atoms with Crippen LogP contribution >= 0.6 is 15.9 Å². The standard InChI is InChI=1S/C11H14BrN3O4/c1-2-19-10(16)4-3-5-13-11-9(15(17)18)6-8(12)7-14-11/h6-7H,2-5H2,1H3,(H,13,14). The molecule has 8 heteroatoms. The third kappa shape index (κ3) is 5.21. The number of rotatable bonds is 7. The monoisotopic (exact) mass is 331 g/mol. The molecule has 0 radical (unpaired) electrons. The summed E-state index contributed by atoms with van der Waals surface area (Å²) in [6.07, 6.45) is 2.26. The number of hydrogen-bond donors (Lipinski definition) is 1. The van der Waals surface area contributed by atoms with Crippen LogP contribution in [-0.2, 0) is 9.53 Å². The molecule has 1 N–H and O–H groups in total. The highest BCUT2D eigenvalue weighted by Gasteiger charge is 2.15. The maximum Gasteiger partial charge on any atom is 0.312 e. The van der Waals surface area contributed by atoms with Gasteiger partial charge in [-0.3, -0.25) is 14.9 Å². The summed E-state index contributed by atoms with van der Waals surface area (Å²) >= 11 is 3.13. The van der Waals surface area contributed by atoms with Crippen molar-refractivity contribution in [1.29, 1.82) is 0 Å². The lowest BCUT2D eigenvalue weighted by atomic mass is 10.3. The molecule has 0 saturated carbocycles. The summed E-state index contributed by atoms with van der Waals surface area (Å²) in [5.41, 5.74) is -0.106. The minimum absolute atomic E-state index is 0.106. The minimum atomic E-state index is -0.508.